The first-order chi connectivity index (χ1) is 17.8. The van der Waals surface area contributed by atoms with Crippen LogP contribution in [0.4, 0.5) is 10.5 Å². The molecule has 2 rings (SSSR count). The SMILES string of the molecule is CSCCC(NC(=O)OC(C)(C)C)C(=O)N1CCC(C(=O)NC(C)C(=O)Nc2ccc(C(C)C)cc2)CC1. The summed E-state index contributed by atoms with van der Waals surface area (Å²) in [6.45, 7) is 12.0. The van der Waals surface area contributed by atoms with Crippen molar-refractivity contribution in [1.82, 2.24) is 15.5 Å². The lowest BCUT2D eigenvalue weighted by Gasteiger charge is -2.34. The van der Waals surface area contributed by atoms with Gasteiger partial charge in [-0.2, -0.15) is 11.8 Å². The van der Waals surface area contributed by atoms with Gasteiger partial charge in [-0.25, -0.2) is 4.79 Å². The molecule has 1 aliphatic rings. The number of carbonyl (C=O) groups is 4. The maximum Gasteiger partial charge on any atom is 0.408 e. The maximum atomic E-state index is 13.2. The van der Waals surface area contributed by atoms with Gasteiger partial charge in [0.15, 0.2) is 0 Å². The standard InChI is InChI=1S/C28H44N4O5S/c1-18(2)20-8-10-22(11-9-20)30-24(33)19(3)29-25(34)21-12-15-32(16-13-21)26(35)23(14-17-38-7)31-27(36)37-28(4,5)6/h8-11,18-19,21,23H,12-17H2,1-7H3,(H,29,34)(H,30,33)(H,31,36). The molecule has 0 aromatic heterocycles. The van der Waals surface area contributed by atoms with Gasteiger partial charge < -0.3 is 25.6 Å². The van der Waals surface area contributed by atoms with Crippen LogP contribution >= 0.6 is 11.8 Å². The van der Waals surface area contributed by atoms with Crippen molar-refractivity contribution in [3.63, 3.8) is 0 Å². The Morgan fingerprint density at radius 2 is 1.63 bits per heavy atom. The van der Waals surface area contributed by atoms with E-state index in [-0.39, 0.29) is 23.6 Å². The molecule has 9 nitrogen and oxygen atoms in total. The number of alkyl carbamates (subject to hydrolysis) is 1. The molecule has 0 aliphatic carbocycles. The van der Waals surface area contributed by atoms with Crippen molar-refractivity contribution in [3.05, 3.63) is 29.8 Å². The summed E-state index contributed by atoms with van der Waals surface area (Å²) in [5, 5.41) is 8.37. The Morgan fingerprint density at radius 1 is 1.03 bits per heavy atom. The Balaban J connectivity index is 1.86. The van der Waals surface area contributed by atoms with Crippen LogP contribution in [0.3, 0.4) is 0 Å². The molecule has 10 heteroatoms. The molecule has 3 N–H and O–H groups in total. The zero-order valence-corrected chi connectivity index (χ0v) is 24.6. The molecule has 1 heterocycles. The molecule has 1 saturated heterocycles. The quantitative estimate of drug-likeness (QED) is 0.405. The summed E-state index contributed by atoms with van der Waals surface area (Å²) in [5.74, 6) is 0.187. The third-order valence-electron chi connectivity index (χ3n) is 6.37. The van der Waals surface area contributed by atoms with E-state index >= 15 is 0 Å². The van der Waals surface area contributed by atoms with Crippen molar-refractivity contribution < 1.29 is 23.9 Å². The highest BCUT2D eigenvalue weighted by molar-refractivity contribution is 7.98. The van der Waals surface area contributed by atoms with E-state index in [4.69, 9.17) is 4.74 Å². The Morgan fingerprint density at radius 3 is 2.16 bits per heavy atom. The second-order valence-corrected chi connectivity index (χ2v) is 12.1. The van der Waals surface area contributed by atoms with Crippen molar-refractivity contribution in [1.29, 1.82) is 0 Å². The fourth-order valence-corrected chi connectivity index (χ4v) is 4.60. The number of rotatable bonds is 10. The number of hydrogen-bond acceptors (Lipinski definition) is 6. The first kappa shape index (κ1) is 31.5. The van der Waals surface area contributed by atoms with Crippen LogP contribution in [0.25, 0.3) is 0 Å². The molecule has 2 unspecified atom stereocenters. The number of amides is 4. The second-order valence-electron chi connectivity index (χ2n) is 11.1. The number of benzene rings is 1. The maximum absolute atomic E-state index is 13.2. The number of thioether (sulfide) groups is 1. The van der Waals surface area contributed by atoms with E-state index < -0.39 is 23.8 Å². The summed E-state index contributed by atoms with van der Waals surface area (Å²) in [5.41, 5.74) is 1.21. The van der Waals surface area contributed by atoms with E-state index in [1.807, 2.05) is 30.5 Å². The summed E-state index contributed by atoms with van der Waals surface area (Å²) < 4.78 is 5.33. The summed E-state index contributed by atoms with van der Waals surface area (Å²) in [6.07, 6.45) is 2.80. The molecule has 38 heavy (non-hydrogen) atoms. The van der Waals surface area contributed by atoms with Gasteiger partial charge in [-0.3, -0.25) is 14.4 Å². The van der Waals surface area contributed by atoms with Crippen LogP contribution in [0.1, 0.15) is 72.3 Å². The van der Waals surface area contributed by atoms with Gasteiger partial charge in [0.25, 0.3) is 0 Å². The van der Waals surface area contributed by atoms with E-state index in [0.717, 1.165) is 0 Å². The fraction of sp³-hybridized carbons (Fsp3) is 0.643. The van der Waals surface area contributed by atoms with Crippen LogP contribution in [0.15, 0.2) is 24.3 Å². The monoisotopic (exact) mass is 548 g/mol. The van der Waals surface area contributed by atoms with Crippen LogP contribution in [0, 0.1) is 5.92 Å². The van der Waals surface area contributed by atoms with E-state index in [1.165, 1.54) is 5.56 Å². The van der Waals surface area contributed by atoms with Crippen LogP contribution in [-0.2, 0) is 19.1 Å². The average Bonchev–Trinajstić information content (AvgIpc) is 2.85. The van der Waals surface area contributed by atoms with Gasteiger partial charge >= 0.3 is 6.09 Å². The largest absolute Gasteiger partial charge is 0.444 e. The topological polar surface area (TPSA) is 117 Å². The molecule has 1 aromatic carbocycles. The number of likely N-dealkylation sites (tertiary alicyclic amines) is 1. The molecule has 4 amide bonds. The molecule has 2 atom stereocenters. The van der Waals surface area contributed by atoms with Crippen molar-refractivity contribution in [2.75, 3.05) is 30.4 Å². The van der Waals surface area contributed by atoms with Gasteiger partial charge in [0.2, 0.25) is 17.7 Å². The molecule has 0 radical (unpaired) electrons. The van der Waals surface area contributed by atoms with E-state index in [9.17, 15) is 19.2 Å². The van der Waals surface area contributed by atoms with Gasteiger partial charge in [0.05, 0.1) is 0 Å². The summed E-state index contributed by atoms with van der Waals surface area (Å²) in [4.78, 5) is 52.6. The highest BCUT2D eigenvalue weighted by atomic mass is 32.2. The normalized spacial score (nSPS) is 15.9. The van der Waals surface area contributed by atoms with Gasteiger partial charge in [-0.1, -0.05) is 26.0 Å². The zero-order valence-electron chi connectivity index (χ0n) is 23.8. The lowest BCUT2D eigenvalue weighted by molar-refractivity contribution is -0.137. The van der Waals surface area contributed by atoms with Gasteiger partial charge in [-0.15, -0.1) is 0 Å². The second kappa shape index (κ2) is 14.4. The van der Waals surface area contributed by atoms with Gasteiger partial charge in [-0.05, 0) is 82.6 Å². The van der Waals surface area contributed by atoms with Crippen molar-refractivity contribution in [3.8, 4) is 0 Å². The van der Waals surface area contributed by atoms with E-state index in [2.05, 4.69) is 29.8 Å². The summed E-state index contributed by atoms with van der Waals surface area (Å²) >= 11 is 1.60. The molecular formula is C28H44N4O5S. The molecule has 212 valence electrons. The highest BCUT2D eigenvalue weighted by Crippen LogP contribution is 2.20. The minimum atomic E-state index is -0.694. The number of anilines is 1. The number of nitrogens with one attached hydrogen (secondary N) is 3. The number of hydrogen-bond donors (Lipinski definition) is 3. The predicted octanol–water partition coefficient (Wildman–Crippen LogP) is 4.14. The van der Waals surface area contributed by atoms with Crippen molar-refractivity contribution in [2.24, 2.45) is 5.92 Å². The molecular weight excluding hydrogens is 504 g/mol. The van der Waals surface area contributed by atoms with Gasteiger partial charge in [0.1, 0.15) is 17.7 Å². The first-order valence-electron chi connectivity index (χ1n) is 13.3. The van der Waals surface area contributed by atoms with Crippen LogP contribution in [0.2, 0.25) is 0 Å². The molecule has 0 saturated carbocycles. The number of carbonyl (C=O) groups excluding carboxylic acids is 4. The molecule has 1 fully saturated rings. The minimum Gasteiger partial charge on any atom is -0.444 e. The Bertz CT molecular complexity index is 953. The Kier molecular flexibility index (Phi) is 11.9. The molecule has 0 bridgehead atoms. The van der Waals surface area contributed by atoms with Crippen LogP contribution in [0.5, 0.6) is 0 Å². The van der Waals surface area contributed by atoms with Gasteiger partial charge in [0, 0.05) is 24.7 Å². The highest BCUT2D eigenvalue weighted by Gasteiger charge is 2.33. The van der Waals surface area contributed by atoms with Crippen LogP contribution < -0.4 is 16.0 Å². The number of nitrogens with zero attached hydrogens (tertiary/aromatic N) is 1. The Labute approximate surface area is 231 Å². The molecule has 1 aliphatic heterocycles. The summed E-state index contributed by atoms with van der Waals surface area (Å²) in [6, 6.07) is 6.31. The Hall–Kier alpha value is -2.75. The van der Waals surface area contributed by atoms with Crippen molar-refractivity contribution in [2.45, 2.75) is 84.4 Å². The van der Waals surface area contributed by atoms with Crippen molar-refractivity contribution >= 4 is 41.3 Å². The molecule has 0 spiro atoms. The smallest absolute Gasteiger partial charge is 0.408 e. The third-order valence-corrected chi connectivity index (χ3v) is 7.02. The van der Waals surface area contributed by atoms with E-state index in [1.54, 1.807) is 44.4 Å². The lowest BCUT2D eigenvalue weighted by Crippen LogP contribution is -2.53. The average molecular weight is 549 g/mol. The third kappa shape index (κ3) is 10.2. The van der Waals surface area contributed by atoms with Crippen LogP contribution in [-0.4, -0.2) is 71.5 Å². The summed E-state index contributed by atoms with van der Waals surface area (Å²) in [7, 11) is 0. The number of piperidine rings is 1. The first-order valence-corrected chi connectivity index (χ1v) is 14.7. The predicted molar refractivity (Wildman–Crippen MR) is 152 cm³/mol. The number of ether oxygens (including phenoxy) is 1. The van der Waals surface area contributed by atoms with E-state index in [0.29, 0.717) is 49.7 Å². The lowest BCUT2D eigenvalue weighted by atomic mass is 9.95. The minimum absolute atomic E-state index is 0.167. The molecule has 1 aromatic rings. The zero-order chi connectivity index (χ0) is 28.5. The fourth-order valence-electron chi connectivity index (χ4n) is 4.12.